The third-order valence-corrected chi connectivity index (χ3v) is 12.8. The molecule has 6 rings (SSSR count). The molecule has 6 aromatic rings. The van der Waals surface area contributed by atoms with Gasteiger partial charge in [0.05, 0.1) is 0 Å². The molecule has 61 heavy (non-hydrogen) atoms. The molecule has 0 heterocycles. The van der Waals surface area contributed by atoms with Crippen LogP contribution < -0.4 is 57.2 Å². The molecule has 0 aromatic heterocycles. The van der Waals surface area contributed by atoms with E-state index in [2.05, 4.69) is 89.8 Å². The van der Waals surface area contributed by atoms with Gasteiger partial charge in [-0.3, -0.25) is 4.21 Å². The van der Waals surface area contributed by atoms with Gasteiger partial charge in [0.2, 0.25) is 0 Å². The Morgan fingerprint density at radius 2 is 1.05 bits per heavy atom. The summed E-state index contributed by atoms with van der Waals surface area (Å²) in [6, 6.07) is 43.5. The molecule has 0 aliphatic carbocycles. The second kappa shape index (κ2) is 21.9. The van der Waals surface area contributed by atoms with E-state index in [1.54, 1.807) is 19.1 Å². The first-order chi connectivity index (χ1) is 28.3. The molecule has 2 unspecified atom stereocenters. The van der Waals surface area contributed by atoms with Crippen LogP contribution >= 0.6 is 0 Å². The van der Waals surface area contributed by atoms with Gasteiger partial charge >= 0.3 is 37.7 Å². The number of ether oxygens (including phenoxy) is 2. The van der Waals surface area contributed by atoms with Gasteiger partial charge in [0.1, 0.15) is 23.0 Å². The van der Waals surface area contributed by atoms with Crippen molar-refractivity contribution >= 4 is 16.8 Å². The summed E-state index contributed by atoms with van der Waals surface area (Å²) in [7, 11) is 0. The first-order valence-corrected chi connectivity index (χ1v) is 22.0. The Labute approximate surface area is 390 Å². The van der Waals surface area contributed by atoms with Crippen LogP contribution in [0.1, 0.15) is 112 Å². The molecule has 0 bridgehead atoms. The monoisotopic (exact) mass is 821 g/mol. The Morgan fingerprint density at radius 3 is 1.51 bits per heavy atom. The predicted octanol–water partition coefficient (Wildman–Crippen LogP) is 6.12. The number of hydrogen-bond donors (Lipinski definition) is 0. The molecule has 0 amide bonds. The van der Waals surface area contributed by atoms with Crippen molar-refractivity contribution in [3.63, 3.8) is 0 Å². The fourth-order valence-electron chi connectivity index (χ4n) is 8.12. The summed E-state index contributed by atoms with van der Waals surface area (Å²) in [5.41, 5.74) is 6.30. The van der Waals surface area contributed by atoms with Crippen LogP contribution in [0.15, 0.2) is 138 Å². The van der Waals surface area contributed by atoms with E-state index >= 15 is 5.11 Å². The van der Waals surface area contributed by atoms with Crippen molar-refractivity contribution in [1.82, 2.24) is 0 Å². The van der Waals surface area contributed by atoms with Crippen LogP contribution in [0, 0.1) is 6.92 Å². The molecule has 0 fully saturated rings. The maximum Gasteiger partial charge on any atom is 1.00 e. The molecule has 0 aliphatic rings. The van der Waals surface area contributed by atoms with Crippen LogP contribution in [0.5, 0.6) is 23.0 Å². The number of benzene rings is 6. The number of nitrogens with zero attached hydrogens (tertiary/aromatic N) is 1. The Morgan fingerprint density at radius 1 is 0.607 bits per heavy atom. The molecule has 308 valence electrons. The Hall–Kier alpha value is -4.02. The molecule has 0 radical (unpaired) electrons. The van der Waals surface area contributed by atoms with Crippen LogP contribution in [-0.2, 0) is 28.5 Å². The van der Waals surface area contributed by atoms with Gasteiger partial charge in [0.25, 0.3) is 0 Å². The van der Waals surface area contributed by atoms with Gasteiger partial charge in [-0.05, 0) is 168 Å². The minimum absolute atomic E-state index is 0. The largest absolute Gasteiger partial charge is 1.00 e. The smallest absolute Gasteiger partial charge is 0.839 e. The zero-order chi connectivity index (χ0) is 42.3. The van der Waals surface area contributed by atoms with Gasteiger partial charge < -0.3 is 24.0 Å². The van der Waals surface area contributed by atoms with Crippen molar-refractivity contribution in [2.75, 3.05) is 18.0 Å². The summed E-state index contributed by atoms with van der Waals surface area (Å²) in [6.45, 7) is 18.7. The first-order valence-electron chi connectivity index (χ1n) is 20.9. The van der Waals surface area contributed by atoms with E-state index in [0.29, 0.717) is 57.6 Å². The molecular formula is C52H57Li2NO5S. The van der Waals surface area contributed by atoms with E-state index < -0.39 is 16.7 Å². The number of aryl methyl sites for hydroxylation is 2. The van der Waals surface area contributed by atoms with Gasteiger partial charge in [-0.15, -0.1) is 0 Å². The topological polar surface area (TPSA) is 84.9 Å². The Balaban J connectivity index is 0.00000410. The molecule has 6 nitrogen and oxygen atoms in total. The number of anilines is 1. The summed E-state index contributed by atoms with van der Waals surface area (Å²) in [4.78, 5) is 2.51. The van der Waals surface area contributed by atoms with E-state index in [0.717, 1.165) is 48.3 Å². The van der Waals surface area contributed by atoms with E-state index in [-0.39, 0.29) is 48.0 Å². The van der Waals surface area contributed by atoms with Gasteiger partial charge in [-0.25, -0.2) is 0 Å². The summed E-state index contributed by atoms with van der Waals surface area (Å²) >= 11 is -2.34. The zero-order valence-corrected chi connectivity index (χ0v) is 38.5. The standard InChI is InChI=1S/C52H58NO5S.2Li/c1-9-37(10-2)39-15-18-42(19-16-39)52(54,43-20-26-44(27-21-43)53(12-4)13-5)49-34-47(29-17-38(49)11-3)57-45-30-22-40(23-31-45)51(7,8)41-24-32-46(33-25-41)58-48-28-14-36(6)50(35-48)59(55)56;;/h14-35,37H,9-13H2,1-8H3,(H,55,56);;/q-1;2*+1/p-1. The minimum Gasteiger partial charge on any atom is -0.839 e. The molecular weight excluding hydrogens is 765 g/mol. The molecule has 6 aromatic carbocycles. The molecule has 0 saturated heterocycles. The van der Waals surface area contributed by atoms with Crippen molar-refractivity contribution in [1.29, 1.82) is 0 Å². The molecule has 0 N–H and O–H groups in total. The van der Waals surface area contributed by atoms with Gasteiger partial charge in [0, 0.05) is 29.1 Å². The average Bonchev–Trinajstić information content (AvgIpc) is 3.25. The third kappa shape index (κ3) is 11.0. The summed E-state index contributed by atoms with van der Waals surface area (Å²) in [5.74, 6) is 2.82. The SMILES string of the molecule is CCc1ccc(Oc2ccc(C(C)(C)c3ccc(Oc4ccc(C)c(S(=O)[O-])c4)cc3)cc2)cc1C([O-])(c1ccc(C(CC)CC)cc1)c1ccc(N(CC)CC)cc1.[Li+].[Li+]. The first kappa shape index (κ1) is 49.6. The maximum atomic E-state index is 15.9. The van der Waals surface area contributed by atoms with Crippen molar-refractivity contribution in [2.24, 2.45) is 0 Å². The quantitative estimate of drug-likeness (QED) is 0.0628. The predicted molar refractivity (Wildman–Crippen MR) is 239 cm³/mol. The molecule has 2 atom stereocenters. The fraction of sp³-hybridized carbons (Fsp3) is 0.308. The van der Waals surface area contributed by atoms with Crippen LogP contribution in [-0.4, -0.2) is 21.9 Å². The average molecular weight is 822 g/mol. The van der Waals surface area contributed by atoms with E-state index in [1.807, 2.05) is 78.9 Å². The summed E-state index contributed by atoms with van der Waals surface area (Å²) in [5, 5.41) is 15.9. The van der Waals surface area contributed by atoms with Crippen LogP contribution in [0.4, 0.5) is 5.69 Å². The normalized spacial score (nSPS) is 12.8. The van der Waals surface area contributed by atoms with Gasteiger partial charge in [-0.1, -0.05) is 107 Å². The van der Waals surface area contributed by atoms with Crippen molar-refractivity contribution < 1.29 is 61.1 Å². The van der Waals surface area contributed by atoms with Gasteiger partial charge in [0.15, 0.2) is 0 Å². The van der Waals surface area contributed by atoms with Crippen molar-refractivity contribution in [2.45, 2.75) is 96.5 Å². The zero-order valence-electron chi connectivity index (χ0n) is 37.7. The van der Waals surface area contributed by atoms with E-state index in [9.17, 15) is 8.76 Å². The van der Waals surface area contributed by atoms with Crippen molar-refractivity contribution in [3.8, 4) is 23.0 Å². The van der Waals surface area contributed by atoms with Gasteiger partial charge in [-0.2, -0.15) is 0 Å². The van der Waals surface area contributed by atoms with E-state index in [1.165, 1.54) is 11.6 Å². The van der Waals surface area contributed by atoms with Crippen LogP contribution in [0.2, 0.25) is 0 Å². The third-order valence-electron chi connectivity index (χ3n) is 12.0. The van der Waals surface area contributed by atoms with Crippen LogP contribution in [0.25, 0.3) is 0 Å². The summed E-state index contributed by atoms with van der Waals surface area (Å²) in [6.07, 6.45) is 2.81. The molecule has 9 heteroatoms. The minimum atomic E-state index is -2.34. The van der Waals surface area contributed by atoms with E-state index in [4.69, 9.17) is 9.47 Å². The second-order valence-electron chi connectivity index (χ2n) is 15.7. The fourth-order valence-corrected chi connectivity index (χ4v) is 8.66. The summed E-state index contributed by atoms with van der Waals surface area (Å²) < 4.78 is 35.7. The second-order valence-corrected chi connectivity index (χ2v) is 16.7. The Bertz CT molecular complexity index is 2280. The molecule has 0 aliphatic heterocycles. The number of rotatable bonds is 17. The molecule has 0 spiro atoms. The van der Waals surface area contributed by atoms with Crippen LogP contribution in [0.3, 0.4) is 0 Å². The molecule has 0 saturated carbocycles. The Kier molecular flexibility index (Phi) is 17.8. The number of hydrogen-bond acceptors (Lipinski definition) is 6. The van der Waals surface area contributed by atoms with Crippen molar-refractivity contribution in [3.05, 3.63) is 178 Å². The maximum absolute atomic E-state index is 15.9.